The van der Waals surface area contributed by atoms with Crippen LogP contribution in [0.2, 0.25) is 0 Å². The number of sulfone groups is 1. The molecule has 0 radical (unpaired) electrons. The topological polar surface area (TPSA) is 94.3 Å². The molecule has 1 aromatic heterocycles. The molecule has 0 spiro atoms. The zero-order valence-corrected chi connectivity index (χ0v) is 11.8. The second kappa shape index (κ2) is 5.41. The molecule has 0 amide bonds. The lowest BCUT2D eigenvalue weighted by atomic mass is 10.1. The summed E-state index contributed by atoms with van der Waals surface area (Å²) in [7, 11) is -3.34. The molecule has 0 aliphatic carbocycles. The van der Waals surface area contributed by atoms with Gasteiger partial charge < -0.3 is 15.8 Å². The minimum Gasteiger partial charge on any atom is -0.382 e. The van der Waals surface area contributed by atoms with Crippen LogP contribution in [-0.2, 0) is 14.6 Å². The SMILES string of the molecule is CCS(=O)(=O)c1c(N)nsc1NC1CCOCC1. The highest BCUT2D eigenvalue weighted by Gasteiger charge is 2.25. The molecule has 0 saturated carbocycles. The largest absolute Gasteiger partial charge is 0.382 e. The Hall–Kier alpha value is -0.860. The van der Waals surface area contributed by atoms with E-state index in [0.29, 0.717) is 18.2 Å². The molecule has 102 valence electrons. The molecule has 1 aliphatic heterocycles. The van der Waals surface area contributed by atoms with Gasteiger partial charge in [0.15, 0.2) is 15.7 Å². The fraction of sp³-hybridized carbons (Fsp3) is 0.700. The standard InChI is InChI=1S/C10H17N3O3S2/c1-2-18(14,15)8-9(11)13-17-10(8)12-7-3-5-16-6-4-7/h7,12H,2-6H2,1H3,(H2,11,13). The van der Waals surface area contributed by atoms with E-state index in [1.807, 2.05) is 0 Å². The first-order chi connectivity index (χ1) is 8.54. The molecule has 3 N–H and O–H groups in total. The average molecular weight is 291 g/mol. The Labute approximate surface area is 111 Å². The van der Waals surface area contributed by atoms with Crippen LogP contribution in [0.4, 0.5) is 10.8 Å². The van der Waals surface area contributed by atoms with E-state index < -0.39 is 9.84 Å². The summed E-state index contributed by atoms with van der Waals surface area (Å²) in [4.78, 5) is 0.154. The first-order valence-electron chi connectivity index (χ1n) is 5.86. The predicted octanol–water partition coefficient (Wildman–Crippen LogP) is 1.11. The van der Waals surface area contributed by atoms with Crippen molar-refractivity contribution in [3.05, 3.63) is 0 Å². The highest BCUT2D eigenvalue weighted by molar-refractivity contribution is 7.91. The van der Waals surface area contributed by atoms with E-state index >= 15 is 0 Å². The van der Waals surface area contributed by atoms with Gasteiger partial charge >= 0.3 is 0 Å². The van der Waals surface area contributed by atoms with E-state index in [9.17, 15) is 8.42 Å². The van der Waals surface area contributed by atoms with Gasteiger partial charge in [0.2, 0.25) is 0 Å². The Bertz CT molecular complexity index is 506. The quantitative estimate of drug-likeness (QED) is 0.863. The highest BCUT2D eigenvalue weighted by atomic mass is 32.2. The van der Waals surface area contributed by atoms with E-state index in [4.69, 9.17) is 10.5 Å². The monoisotopic (exact) mass is 291 g/mol. The molecule has 1 aliphatic rings. The summed E-state index contributed by atoms with van der Waals surface area (Å²) in [6, 6.07) is 0.226. The van der Waals surface area contributed by atoms with Crippen LogP contribution >= 0.6 is 11.5 Å². The molecular weight excluding hydrogens is 274 g/mol. The summed E-state index contributed by atoms with van der Waals surface area (Å²) < 4.78 is 33.1. The van der Waals surface area contributed by atoms with E-state index in [1.54, 1.807) is 6.92 Å². The van der Waals surface area contributed by atoms with E-state index in [0.717, 1.165) is 24.4 Å². The van der Waals surface area contributed by atoms with Gasteiger partial charge in [0.25, 0.3) is 0 Å². The molecular formula is C10H17N3O3S2. The number of rotatable bonds is 4. The van der Waals surface area contributed by atoms with Crippen LogP contribution in [0.5, 0.6) is 0 Å². The van der Waals surface area contributed by atoms with Gasteiger partial charge in [-0.15, -0.1) is 0 Å². The third-order valence-electron chi connectivity index (χ3n) is 2.92. The van der Waals surface area contributed by atoms with Crippen LogP contribution in [0.1, 0.15) is 19.8 Å². The van der Waals surface area contributed by atoms with Gasteiger partial charge in [-0.25, -0.2) is 8.42 Å². The van der Waals surface area contributed by atoms with Crippen molar-refractivity contribution in [1.29, 1.82) is 0 Å². The van der Waals surface area contributed by atoms with Gasteiger partial charge in [-0.05, 0) is 24.4 Å². The number of aromatic nitrogens is 1. The molecule has 1 aromatic rings. The molecule has 8 heteroatoms. The molecule has 2 heterocycles. The van der Waals surface area contributed by atoms with E-state index in [1.165, 1.54) is 0 Å². The molecule has 0 atom stereocenters. The van der Waals surface area contributed by atoms with Gasteiger partial charge in [-0.2, -0.15) is 4.37 Å². The van der Waals surface area contributed by atoms with E-state index in [-0.39, 0.29) is 22.5 Å². The van der Waals surface area contributed by atoms with Gasteiger partial charge in [-0.1, -0.05) is 6.92 Å². The molecule has 1 fully saturated rings. The lowest BCUT2D eigenvalue weighted by molar-refractivity contribution is 0.0905. The van der Waals surface area contributed by atoms with Gasteiger partial charge in [0.05, 0.1) is 5.75 Å². The molecule has 1 saturated heterocycles. The minimum atomic E-state index is -3.34. The number of hydrogen-bond acceptors (Lipinski definition) is 7. The van der Waals surface area contributed by atoms with Gasteiger partial charge in [0.1, 0.15) is 9.90 Å². The second-order valence-electron chi connectivity index (χ2n) is 4.16. The highest BCUT2D eigenvalue weighted by Crippen LogP contribution is 2.33. The van der Waals surface area contributed by atoms with Crippen LogP contribution in [-0.4, -0.2) is 37.8 Å². The van der Waals surface area contributed by atoms with Crippen LogP contribution < -0.4 is 11.1 Å². The first-order valence-corrected chi connectivity index (χ1v) is 8.29. The maximum atomic E-state index is 12.0. The van der Waals surface area contributed by atoms with Crippen molar-refractivity contribution in [2.24, 2.45) is 0 Å². The van der Waals surface area contributed by atoms with Crippen molar-refractivity contribution in [2.45, 2.75) is 30.7 Å². The fourth-order valence-electron chi connectivity index (χ4n) is 1.86. The molecule has 18 heavy (non-hydrogen) atoms. The summed E-state index contributed by atoms with van der Waals surface area (Å²) in [5.41, 5.74) is 5.66. The molecule has 0 aromatic carbocycles. The number of nitrogens with zero attached hydrogens (tertiary/aromatic N) is 1. The summed E-state index contributed by atoms with van der Waals surface area (Å²) >= 11 is 1.11. The maximum Gasteiger partial charge on any atom is 0.184 e. The Morgan fingerprint density at radius 1 is 1.50 bits per heavy atom. The summed E-state index contributed by atoms with van der Waals surface area (Å²) in [5, 5.41) is 3.78. The molecule has 2 rings (SSSR count). The Morgan fingerprint density at radius 2 is 2.17 bits per heavy atom. The predicted molar refractivity (Wildman–Crippen MR) is 71.7 cm³/mol. The van der Waals surface area contributed by atoms with Gasteiger partial charge in [0, 0.05) is 19.3 Å². The summed E-state index contributed by atoms with van der Waals surface area (Å²) in [5.74, 6) is 0.120. The first kappa shape index (κ1) is 13.6. The van der Waals surface area contributed by atoms with Crippen molar-refractivity contribution < 1.29 is 13.2 Å². The third-order valence-corrected chi connectivity index (χ3v) is 5.64. The van der Waals surface area contributed by atoms with Crippen molar-refractivity contribution in [1.82, 2.24) is 4.37 Å². The lowest BCUT2D eigenvalue weighted by Gasteiger charge is -2.23. The smallest absolute Gasteiger partial charge is 0.184 e. The summed E-state index contributed by atoms with van der Waals surface area (Å²) in [6.07, 6.45) is 1.73. The number of anilines is 2. The Kier molecular flexibility index (Phi) is 4.08. The zero-order chi connectivity index (χ0) is 13.2. The molecule has 6 nitrogen and oxygen atoms in total. The fourth-order valence-corrected chi connectivity index (χ4v) is 4.09. The van der Waals surface area contributed by atoms with Gasteiger partial charge in [-0.3, -0.25) is 0 Å². The second-order valence-corrected chi connectivity index (χ2v) is 7.15. The minimum absolute atomic E-state index is 0.0259. The number of nitrogens with one attached hydrogen (secondary N) is 1. The van der Waals surface area contributed by atoms with Crippen LogP contribution in [0.15, 0.2) is 4.90 Å². The number of ether oxygens (including phenoxy) is 1. The van der Waals surface area contributed by atoms with Crippen molar-refractivity contribution in [3.63, 3.8) is 0 Å². The Morgan fingerprint density at radius 3 is 2.78 bits per heavy atom. The number of nitrogens with two attached hydrogens (primary N) is 1. The maximum absolute atomic E-state index is 12.0. The number of nitrogen functional groups attached to an aromatic ring is 1. The normalized spacial score (nSPS) is 17.8. The van der Waals surface area contributed by atoms with E-state index in [2.05, 4.69) is 9.69 Å². The van der Waals surface area contributed by atoms with Crippen LogP contribution in [0.3, 0.4) is 0 Å². The third kappa shape index (κ3) is 2.76. The summed E-state index contributed by atoms with van der Waals surface area (Å²) in [6.45, 7) is 2.99. The van der Waals surface area contributed by atoms with Crippen molar-refractivity contribution >= 4 is 32.2 Å². The number of hydrogen-bond donors (Lipinski definition) is 2. The molecule has 0 bridgehead atoms. The average Bonchev–Trinajstić information content (AvgIpc) is 2.72. The molecule has 0 unspecified atom stereocenters. The zero-order valence-electron chi connectivity index (χ0n) is 10.2. The lowest BCUT2D eigenvalue weighted by Crippen LogP contribution is -2.28. The van der Waals surface area contributed by atoms with Crippen molar-refractivity contribution in [3.8, 4) is 0 Å². The van der Waals surface area contributed by atoms with Crippen molar-refractivity contribution in [2.75, 3.05) is 30.0 Å². The van der Waals surface area contributed by atoms with Crippen LogP contribution in [0, 0.1) is 0 Å². The Balaban J connectivity index is 2.23. The van der Waals surface area contributed by atoms with Crippen LogP contribution in [0.25, 0.3) is 0 Å².